The maximum atomic E-state index is 12.3. The predicted molar refractivity (Wildman–Crippen MR) is 135 cm³/mol. The molecule has 0 saturated heterocycles. The number of hydrogen-bond acceptors (Lipinski definition) is 6. The van der Waals surface area contributed by atoms with Crippen molar-refractivity contribution in [2.24, 2.45) is 5.92 Å². The van der Waals surface area contributed by atoms with Crippen molar-refractivity contribution in [1.29, 1.82) is 0 Å². The second kappa shape index (κ2) is 9.69. The lowest BCUT2D eigenvalue weighted by molar-refractivity contribution is -0.117. The van der Waals surface area contributed by atoms with E-state index in [1.165, 1.54) is 6.20 Å². The Morgan fingerprint density at radius 1 is 0.971 bits per heavy atom. The first-order valence-corrected chi connectivity index (χ1v) is 11.4. The molecule has 1 aliphatic rings. The zero-order valence-corrected chi connectivity index (χ0v) is 20.0. The van der Waals surface area contributed by atoms with Gasteiger partial charge in [-0.3, -0.25) is 9.59 Å². The zero-order chi connectivity index (χ0) is 24.3. The molecular formula is C25H27ClN6O2. The Kier molecular flexibility index (Phi) is 6.70. The van der Waals surface area contributed by atoms with Gasteiger partial charge in [0.25, 0.3) is 5.91 Å². The molecule has 0 aliphatic heterocycles. The number of amides is 2. The molecule has 8 nitrogen and oxygen atoms in total. The Labute approximate surface area is 203 Å². The number of carbonyl (C=O) groups is 2. The van der Waals surface area contributed by atoms with Crippen LogP contribution in [0.2, 0.25) is 5.02 Å². The average molecular weight is 479 g/mol. The summed E-state index contributed by atoms with van der Waals surface area (Å²) in [6, 6.07) is 14.4. The highest BCUT2D eigenvalue weighted by atomic mass is 35.5. The number of para-hydroxylation sites is 2. The molecule has 4 rings (SSSR count). The van der Waals surface area contributed by atoms with E-state index in [-0.39, 0.29) is 23.3 Å². The second-order valence-electron chi connectivity index (χ2n) is 9.23. The summed E-state index contributed by atoms with van der Waals surface area (Å²) in [6.45, 7) is 5.80. The summed E-state index contributed by atoms with van der Waals surface area (Å²) < 4.78 is 0. The Balaban J connectivity index is 1.47. The summed E-state index contributed by atoms with van der Waals surface area (Å²) >= 11 is 6.33. The summed E-state index contributed by atoms with van der Waals surface area (Å²) in [5.41, 5.74) is 2.31. The molecule has 1 fully saturated rings. The third-order valence-corrected chi connectivity index (χ3v) is 5.30. The van der Waals surface area contributed by atoms with E-state index >= 15 is 0 Å². The van der Waals surface area contributed by atoms with Gasteiger partial charge < -0.3 is 21.3 Å². The molecule has 3 aromatic rings. The van der Waals surface area contributed by atoms with Crippen LogP contribution in [0.3, 0.4) is 0 Å². The fraction of sp³-hybridized carbons (Fsp3) is 0.280. The maximum absolute atomic E-state index is 12.3. The normalized spacial score (nSPS) is 13.2. The van der Waals surface area contributed by atoms with Crippen molar-refractivity contribution in [2.75, 3.05) is 16.0 Å². The van der Waals surface area contributed by atoms with Crippen LogP contribution in [-0.2, 0) is 4.79 Å². The van der Waals surface area contributed by atoms with Crippen molar-refractivity contribution in [3.05, 3.63) is 65.3 Å². The highest BCUT2D eigenvalue weighted by molar-refractivity contribution is 6.33. The van der Waals surface area contributed by atoms with E-state index in [2.05, 4.69) is 31.2 Å². The number of anilines is 5. The van der Waals surface area contributed by atoms with E-state index in [9.17, 15) is 9.59 Å². The van der Waals surface area contributed by atoms with Gasteiger partial charge in [0.05, 0.1) is 17.6 Å². The van der Waals surface area contributed by atoms with Gasteiger partial charge in [0.1, 0.15) is 5.02 Å². The summed E-state index contributed by atoms with van der Waals surface area (Å²) in [5.74, 6) is 0.704. The number of hydrogen-bond donors (Lipinski definition) is 4. The smallest absolute Gasteiger partial charge is 0.251 e. The number of benzene rings is 2. The van der Waals surface area contributed by atoms with Crippen LogP contribution in [-0.4, -0.2) is 27.3 Å². The fourth-order valence-electron chi connectivity index (χ4n) is 3.17. The largest absolute Gasteiger partial charge is 0.347 e. The molecule has 4 N–H and O–H groups in total. The predicted octanol–water partition coefficient (Wildman–Crippen LogP) is 5.49. The Morgan fingerprint density at radius 2 is 1.65 bits per heavy atom. The third kappa shape index (κ3) is 6.23. The minimum Gasteiger partial charge on any atom is -0.347 e. The molecule has 9 heteroatoms. The quantitative estimate of drug-likeness (QED) is 0.357. The minimum absolute atomic E-state index is 0.0185. The van der Waals surface area contributed by atoms with Gasteiger partial charge >= 0.3 is 0 Å². The lowest BCUT2D eigenvalue weighted by Gasteiger charge is -2.20. The first-order chi connectivity index (χ1) is 16.2. The van der Waals surface area contributed by atoms with Gasteiger partial charge in [-0.05, 0) is 70.0 Å². The number of aromatic nitrogens is 2. The Bertz CT molecular complexity index is 1200. The summed E-state index contributed by atoms with van der Waals surface area (Å²) in [4.78, 5) is 33.2. The van der Waals surface area contributed by atoms with Crippen LogP contribution < -0.4 is 21.3 Å². The number of halogens is 1. The number of carbonyl (C=O) groups excluding carboxylic acids is 2. The van der Waals surface area contributed by atoms with Crippen LogP contribution >= 0.6 is 11.6 Å². The van der Waals surface area contributed by atoms with Crippen molar-refractivity contribution >= 4 is 52.2 Å². The van der Waals surface area contributed by atoms with Crippen LogP contribution in [0.1, 0.15) is 44.0 Å². The van der Waals surface area contributed by atoms with Gasteiger partial charge in [-0.15, -0.1) is 0 Å². The van der Waals surface area contributed by atoms with Crippen LogP contribution in [0.25, 0.3) is 0 Å². The zero-order valence-electron chi connectivity index (χ0n) is 19.3. The molecule has 1 heterocycles. The Hall–Kier alpha value is -3.65. The van der Waals surface area contributed by atoms with Gasteiger partial charge in [-0.25, -0.2) is 4.98 Å². The molecule has 0 unspecified atom stereocenters. The van der Waals surface area contributed by atoms with Gasteiger partial charge in [0.15, 0.2) is 5.82 Å². The van der Waals surface area contributed by atoms with Gasteiger partial charge in [0.2, 0.25) is 11.9 Å². The van der Waals surface area contributed by atoms with E-state index in [1.807, 2.05) is 45.0 Å². The first-order valence-electron chi connectivity index (χ1n) is 11.1. The molecule has 176 valence electrons. The van der Waals surface area contributed by atoms with Crippen LogP contribution in [0.15, 0.2) is 54.7 Å². The van der Waals surface area contributed by atoms with E-state index in [0.29, 0.717) is 33.7 Å². The highest BCUT2D eigenvalue weighted by Crippen LogP contribution is 2.33. The van der Waals surface area contributed by atoms with Crippen molar-refractivity contribution in [3.63, 3.8) is 0 Å². The standard InChI is InChI=1S/C25H27ClN6O2/c1-25(2,3)32-23(34)16-10-12-17(13-11-16)28-24-27-14-18(26)21(31-24)29-19-6-4-5-7-20(19)30-22(33)15-8-9-15/h4-7,10-15H,8-9H2,1-3H3,(H,30,33)(H,32,34)(H2,27,28,29,31). The van der Waals surface area contributed by atoms with Crippen molar-refractivity contribution in [3.8, 4) is 0 Å². The van der Waals surface area contributed by atoms with Gasteiger partial charge in [-0.1, -0.05) is 23.7 Å². The van der Waals surface area contributed by atoms with Crippen molar-refractivity contribution in [1.82, 2.24) is 15.3 Å². The topological polar surface area (TPSA) is 108 Å². The molecule has 2 aromatic carbocycles. The fourth-order valence-corrected chi connectivity index (χ4v) is 3.31. The van der Waals surface area contributed by atoms with E-state index < -0.39 is 0 Å². The van der Waals surface area contributed by atoms with Crippen molar-refractivity contribution < 1.29 is 9.59 Å². The van der Waals surface area contributed by atoms with Crippen molar-refractivity contribution in [2.45, 2.75) is 39.2 Å². The van der Waals surface area contributed by atoms with Crippen LogP contribution in [0.5, 0.6) is 0 Å². The molecule has 2 amide bonds. The molecule has 0 atom stereocenters. The van der Waals surface area contributed by atoms with Gasteiger partial charge in [-0.2, -0.15) is 4.98 Å². The first kappa shape index (κ1) is 23.5. The minimum atomic E-state index is -0.312. The van der Waals surface area contributed by atoms with Crippen LogP contribution in [0, 0.1) is 5.92 Å². The maximum Gasteiger partial charge on any atom is 0.251 e. The van der Waals surface area contributed by atoms with E-state index in [0.717, 1.165) is 18.5 Å². The van der Waals surface area contributed by atoms with Crippen LogP contribution in [0.4, 0.5) is 28.8 Å². The molecule has 1 saturated carbocycles. The molecule has 34 heavy (non-hydrogen) atoms. The average Bonchev–Trinajstić information content (AvgIpc) is 3.62. The SMILES string of the molecule is CC(C)(C)NC(=O)c1ccc(Nc2ncc(Cl)c(Nc3ccccc3NC(=O)C3CC3)n2)cc1. The third-order valence-electron chi connectivity index (χ3n) is 5.02. The highest BCUT2D eigenvalue weighted by Gasteiger charge is 2.30. The molecule has 0 spiro atoms. The molecule has 1 aromatic heterocycles. The Morgan fingerprint density at radius 3 is 2.29 bits per heavy atom. The lowest BCUT2D eigenvalue weighted by Crippen LogP contribution is -2.40. The monoisotopic (exact) mass is 478 g/mol. The molecule has 0 radical (unpaired) electrons. The summed E-state index contributed by atoms with van der Waals surface area (Å²) in [7, 11) is 0. The molecule has 0 bridgehead atoms. The number of nitrogens with zero attached hydrogens (tertiary/aromatic N) is 2. The summed E-state index contributed by atoms with van der Waals surface area (Å²) in [6.07, 6.45) is 3.35. The number of nitrogens with one attached hydrogen (secondary N) is 4. The lowest BCUT2D eigenvalue weighted by atomic mass is 10.1. The molecular weight excluding hydrogens is 452 g/mol. The number of rotatable bonds is 7. The summed E-state index contributed by atoms with van der Waals surface area (Å²) in [5, 5.41) is 12.5. The molecule has 1 aliphatic carbocycles. The second-order valence-corrected chi connectivity index (χ2v) is 9.64. The van der Waals surface area contributed by atoms with Gasteiger partial charge in [0, 0.05) is 22.7 Å². The van der Waals surface area contributed by atoms with E-state index in [4.69, 9.17) is 11.6 Å². The van der Waals surface area contributed by atoms with E-state index in [1.54, 1.807) is 24.3 Å².